The fourth-order valence-electron chi connectivity index (χ4n) is 3.08. The van der Waals surface area contributed by atoms with Gasteiger partial charge in [-0.05, 0) is 23.8 Å². The van der Waals surface area contributed by atoms with Crippen molar-refractivity contribution in [1.82, 2.24) is 9.55 Å². The van der Waals surface area contributed by atoms with E-state index in [9.17, 15) is 0 Å². The molecule has 0 bridgehead atoms. The van der Waals surface area contributed by atoms with Gasteiger partial charge in [0.05, 0.1) is 17.6 Å². The van der Waals surface area contributed by atoms with Crippen molar-refractivity contribution < 1.29 is 0 Å². The number of imidazole rings is 1. The van der Waals surface area contributed by atoms with Gasteiger partial charge in [0.2, 0.25) is 0 Å². The number of rotatable bonds is 8. The van der Waals surface area contributed by atoms with Crippen LogP contribution < -0.4 is 0 Å². The van der Waals surface area contributed by atoms with E-state index in [4.69, 9.17) is 23.0 Å². The Kier molecular flexibility index (Phi) is 5.20. The van der Waals surface area contributed by atoms with E-state index in [0.29, 0.717) is 11.4 Å². The summed E-state index contributed by atoms with van der Waals surface area (Å²) in [5.74, 6) is 3.57. The molecule has 1 aromatic heterocycles. The first kappa shape index (κ1) is 18.1. The molecule has 0 radical (unpaired) electrons. The van der Waals surface area contributed by atoms with Crippen LogP contribution in [0.4, 0.5) is 0 Å². The molecule has 1 aliphatic rings. The Morgan fingerprint density at radius 2 is 1.93 bits per heavy atom. The zero-order valence-electron chi connectivity index (χ0n) is 14.8. The van der Waals surface area contributed by atoms with Crippen LogP contribution in [-0.2, 0) is 6.54 Å². The molecule has 136 valence electrons. The van der Waals surface area contributed by atoms with Crippen molar-refractivity contribution >= 4 is 34.4 Å². The van der Waals surface area contributed by atoms with Gasteiger partial charge in [0.1, 0.15) is 0 Å². The number of thioether (sulfide) groups is 1. The van der Waals surface area contributed by atoms with Crippen molar-refractivity contribution in [2.75, 3.05) is 5.75 Å². The standard InChI is InChI=1S/C21H19ClN4S/c1-2-3-11-21(24-25-21)12-13-27-20-23-18-14-17(22)9-10-19(18)26(20)15-16-7-5-4-6-8-16/h1,4-10,14H,3,11-13,15H2. The number of fused-ring (bicyclic) bond motifs is 1. The summed E-state index contributed by atoms with van der Waals surface area (Å²) in [5.41, 5.74) is 3.00. The number of hydrogen-bond donors (Lipinski definition) is 0. The van der Waals surface area contributed by atoms with Crippen LogP contribution in [-0.4, -0.2) is 21.0 Å². The molecule has 0 unspecified atom stereocenters. The largest absolute Gasteiger partial charge is 0.314 e. The van der Waals surface area contributed by atoms with Crippen LogP contribution in [0.1, 0.15) is 24.8 Å². The second-order valence-corrected chi connectivity index (χ2v) is 8.08. The molecule has 27 heavy (non-hydrogen) atoms. The predicted octanol–water partition coefficient (Wildman–Crippen LogP) is 5.80. The van der Waals surface area contributed by atoms with E-state index in [2.05, 4.69) is 45.0 Å². The average molecular weight is 395 g/mol. The van der Waals surface area contributed by atoms with Gasteiger partial charge in [-0.1, -0.05) is 53.7 Å². The number of nitrogens with zero attached hydrogens (tertiary/aromatic N) is 4. The van der Waals surface area contributed by atoms with Crippen LogP contribution in [0, 0.1) is 12.3 Å². The van der Waals surface area contributed by atoms with Gasteiger partial charge in [0, 0.05) is 30.0 Å². The molecular formula is C21H19ClN4S. The van der Waals surface area contributed by atoms with Gasteiger partial charge < -0.3 is 4.57 Å². The van der Waals surface area contributed by atoms with E-state index in [1.54, 1.807) is 11.8 Å². The zero-order valence-corrected chi connectivity index (χ0v) is 16.4. The number of hydrogen-bond acceptors (Lipinski definition) is 4. The lowest BCUT2D eigenvalue weighted by Gasteiger charge is -2.11. The molecule has 0 amide bonds. The van der Waals surface area contributed by atoms with Crippen LogP contribution >= 0.6 is 23.4 Å². The Balaban J connectivity index is 1.54. The van der Waals surface area contributed by atoms with Crippen LogP contribution in [0.5, 0.6) is 0 Å². The van der Waals surface area contributed by atoms with Crippen molar-refractivity contribution in [2.45, 2.75) is 36.6 Å². The zero-order chi connectivity index (χ0) is 18.7. The minimum Gasteiger partial charge on any atom is -0.314 e. The summed E-state index contributed by atoms with van der Waals surface area (Å²) in [5, 5.41) is 10.1. The van der Waals surface area contributed by atoms with Crippen LogP contribution in [0.25, 0.3) is 11.0 Å². The third-order valence-corrected chi connectivity index (χ3v) is 5.86. The van der Waals surface area contributed by atoms with Gasteiger partial charge in [-0.15, -0.1) is 12.3 Å². The summed E-state index contributed by atoms with van der Waals surface area (Å²) in [4.78, 5) is 4.82. The van der Waals surface area contributed by atoms with Gasteiger partial charge in [0.25, 0.3) is 0 Å². The quantitative estimate of drug-likeness (QED) is 0.358. The SMILES string of the molecule is C#CCCC1(CCSc2nc3cc(Cl)ccc3n2Cc2ccccc2)N=N1. The smallest absolute Gasteiger partial charge is 0.192 e. The summed E-state index contributed by atoms with van der Waals surface area (Å²) >= 11 is 7.90. The van der Waals surface area contributed by atoms with Gasteiger partial charge >= 0.3 is 0 Å². The van der Waals surface area contributed by atoms with E-state index in [1.165, 1.54) is 5.56 Å². The molecule has 0 saturated carbocycles. The molecule has 0 spiro atoms. The van der Waals surface area contributed by atoms with Crippen LogP contribution in [0.3, 0.4) is 0 Å². The van der Waals surface area contributed by atoms with Crippen molar-refractivity contribution in [3.8, 4) is 12.3 Å². The van der Waals surface area contributed by atoms with Gasteiger partial charge in [-0.2, -0.15) is 10.2 Å². The molecule has 0 N–H and O–H groups in total. The summed E-state index contributed by atoms with van der Waals surface area (Å²) in [6.45, 7) is 0.776. The topological polar surface area (TPSA) is 42.5 Å². The van der Waals surface area contributed by atoms with Crippen molar-refractivity contribution in [3.05, 3.63) is 59.1 Å². The molecule has 3 aromatic rings. The van der Waals surface area contributed by atoms with Crippen molar-refractivity contribution in [1.29, 1.82) is 0 Å². The maximum absolute atomic E-state index is 6.16. The minimum atomic E-state index is -0.251. The lowest BCUT2D eigenvalue weighted by atomic mass is 10.1. The highest BCUT2D eigenvalue weighted by atomic mass is 35.5. The lowest BCUT2D eigenvalue weighted by molar-refractivity contribution is 0.543. The Morgan fingerprint density at radius 1 is 1.11 bits per heavy atom. The molecule has 2 heterocycles. The first-order valence-corrected chi connectivity index (χ1v) is 10.3. The Morgan fingerprint density at radius 3 is 2.67 bits per heavy atom. The molecular weight excluding hydrogens is 376 g/mol. The second kappa shape index (κ2) is 7.75. The molecule has 1 aliphatic heterocycles. The van der Waals surface area contributed by atoms with E-state index >= 15 is 0 Å². The molecule has 6 heteroatoms. The highest BCUT2D eigenvalue weighted by Crippen LogP contribution is 2.38. The normalized spacial score (nSPS) is 14.4. The Labute approximate surface area is 168 Å². The number of terminal acetylenes is 1. The molecule has 0 atom stereocenters. The van der Waals surface area contributed by atoms with Crippen molar-refractivity contribution in [3.63, 3.8) is 0 Å². The fraction of sp³-hybridized carbons (Fsp3) is 0.286. The maximum Gasteiger partial charge on any atom is 0.192 e. The minimum absolute atomic E-state index is 0.251. The molecule has 0 fully saturated rings. The number of halogens is 1. The highest BCUT2D eigenvalue weighted by Gasteiger charge is 2.38. The number of benzene rings is 2. The van der Waals surface area contributed by atoms with E-state index in [0.717, 1.165) is 41.3 Å². The summed E-state index contributed by atoms with van der Waals surface area (Å²) in [6, 6.07) is 16.3. The second-order valence-electron chi connectivity index (χ2n) is 6.58. The van der Waals surface area contributed by atoms with Gasteiger partial charge in [0.15, 0.2) is 10.8 Å². The molecule has 2 aromatic carbocycles. The molecule has 0 aliphatic carbocycles. The lowest BCUT2D eigenvalue weighted by Crippen LogP contribution is -2.12. The van der Waals surface area contributed by atoms with Gasteiger partial charge in [-0.25, -0.2) is 4.98 Å². The van der Waals surface area contributed by atoms with E-state index in [-0.39, 0.29) is 5.66 Å². The summed E-state index contributed by atoms with van der Waals surface area (Å²) < 4.78 is 2.25. The van der Waals surface area contributed by atoms with Crippen molar-refractivity contribution in [2.24, 2.45) is 10.2 Å². The van der Waals surface area contributed by atoms with Crippen LogP contribution in [0.2, 0.25) is 5.02 Å². The molecule has 4 nitrogen and oxygen atoms in total. The molecule has 0 saturated heterocycles. The molecule has 4 rings (SSSR count). The monoisotopic (exact) mass is 394 g/mol. The first-order chi connectivity index (χ1) is 13.2. The average Bonchev–Trinajstić information content (AvgIpc) is 3.37. The first-order valence-electron chi connectivity index (χ1n) is 8.89. The van der Waals surface area contributed by atoms with E-state index in [1.807, 2.05) is 24.3 Å². The summed E-state index contributed by atoms with van der Waals surface area (Å²) in [6.07, 6.45) is 7.80. The number of aromatic nitrogens is 2. The van der Waals surface area contributed by atoms with Gasteiger partial charge in [-0.3, -0.25) is 0 Å². The summed E-state index contributed by atoms with van der Waals surface area (Å²) in [7, 11) is 0. The van der Waals surface area contributed by atoms with Crippen LogP contribution in [0.15, 0.2) is 63.9 Å². The third kappa shape index (κ3) is 4.18. The highest BCUT2D eigenvalue weighted by molar-refractivity contribution is 7.99. The predicted molar refractivity (Wildman–Crippen MR) is 111 cm³/mol. The Bertz CT molecular complexity index is 1010. The third-order valence-electron chi connectivity index (χ3n) is 4.64. The Hall–Kier alpha value is -2.29. The fourth-order valence-corrected chi connectivity index (χ4v) is 4.34. The maximum atomic E-state index is 6.16. The van der Waals surface area contributed by atoms with E-state index < -0.39 is 0 Å².